The fraction of sp³-hybridized carbons (Fsp3) is 0.133. The van der Waals surface area contributed by atoms with Gasteiger partial charge < -0.3 is 14.6 Å². The Balaban J connectivity index is 1.78. The summed E-state index contributed by atoms with van der Waals surface area (Å²) in [5.41, 5.74) is 1.48. The number of ether oxygens (including phenoxy) is 1. The number of hydrogen-bond acceptors (Lipinski definition) is 4. The third-order valence-corrected chi connectivity index (χ3v) is 3.73. The lowest BCUT2D eigenvalue weighted by Gasteiger charge is -2.07. The van der Waals surface area contributed by atoms with Crippen LogP contribution >= 0.6 is 15.9 Å². The number of hydrogen-bond donors (Lipinski definition) is 1. The molecular formula is C15H12BrFN2O2. The zero-order chi connectivity index (χ0) is 14.8. The van der Waals surface area contributed by atoms with Crippen LogP contribution in [0.3, 0.4) is 0 Å². The molecule has 2 aromatic carbocycles. The van der Waals surface area contributed by atoms with Gasteiger partial charge in [0, 0.05) is 12.6 Å². The van der Waals surface area contributed by atoms with Crippen LogP contribution in [0, 0.1) is 5.82 Å². The Labute approximate surface area is 129 Å². The summed E-state index contributed by atoms with van der Waals surface area (Å²) < 4.78 is 24.3. The van der Waals surface area contributed by atoms with E-state index in [2.05, 4.69) is 26.4 Å². The van der Waals surface area contributed by atoms with Crippen LogP contribution in [0.25, 0.3) is 11.0 Å². The van der Waals surface area contributed by atoms with Crippen LogP contribution in [-0.4, -0.2) is 12.3 Å². The van der Waals surface area contributed by atoms with E-state index in [1.165, 1.54) is 12.1 Å². The molecule has 0 saturated carbocycles. The smallest absolute Gasteiger partial charge is 0.177 e. The number of halogens is 2. The van der Waals surface area contributed by atoms with Crippen molar-refractivity contribution in [1.29, 1.82) is 0 Å². The van der Waals surface area contributed by atoms with Crippen LogP contribution in [0.1, 0.15) is 5.56 Å². The standard InChI is InChI=1S/C15H12BrFN2O2/c1-20-13-5-2-9(6-12(13)16)8-18-15-11-4-3-10(17)7-14(11)21-19-15/h2-7H,8H2,1H3,(H,18,19). The Hall–Kier alpha value is -2.08. The first-order valence-corrected chi connectivity index (χ1v) is 7.08. The first-order chi connectivity index (χ1) is 10.2. The van der Waals surface area contributed by atoms with Crippen LogP contribution < -0.4 is 10.1 Å². The molecule has 0 aliphatic heterocycles. The predicted octanol–water partition coefficient (Wildman–Crippen LogP) is 4.35. The van der Waals surface area contributed by atoms with Gasteiger partial charge in [0.25, 0.3) is 0 Å². The Morgan fingerprint density at radius 1 is 1.29 bits per heavy atom. The van der Waals surface area contributed by atoms with E-state index in [0.717, 1.165) is 21.2 Å². The summed E-state index contributed by atoms with van der Waals surface area (Å²) >= 11 is 3.45. The van der Waals surface area contributed by atoms with Crippen molar-refractivity contribution in [3.05, 3.63) is 52.3 Å². The van der Waals surface area contributed by atoms with Crippen molar-refractivity contribution in [3.8, 4) is 5.75 Å². The lowest BCUT2D eigenvalue weighted by atomic mass is 10.2. The van der Waals surface area contributed by atoms with Gasteiger partial charge in [0.2, 0.25) is 0 Å². The average Bonchev–Trinajstić information content (AvgIpc) is 2.87. The molecule has 1 N–H and O–H groups in total. The number of nitrogens with one attached hydrogen (secondary N) is 1. The summed E-state index contributed by atoms with van der Waals surface area (Å²) in [5.74, 6) is 1.03. The van der Waals surface area contributed by atoms with Crippen LogP contribution in [0.4, 0.5) is 10.2 Å². The molecule has 0 saturated heterocycles. The minimum absolute atomic E-state index is 0.343. The molecule has 0 radical (unpaired) electrons. The molecule has 21 heavy (non-hydrogen) atoms. The summed E-state index contributed by atoms with van der Waals surface area (Å²) in [5, 5.41) is 7.85. The molecule has 0 unspecified atom stereocenters. The number of nitrogens with zero attached hydrogens (tertiary/aromatic N) is 1. The van der Waals surface area contributed by atoms with Gasteiger partial charge in [0.15, 0.2) is 11.4 Å². The largest absolute Gasteiger partial charge is 0.496 e. The number of aromatic nitrogens is 1. The normalized spacial score (nSPS) is 10.8. The lowest BCUT2D eigenvalue weighted by Crippen LogP contribution is -2.00. The van der Waals surface area contributed by atoms with E-state index in [0.29, 0.717) is 17.9 Å². The van der Waals surface area contributed by atoms with Crippen molar-refractivity contribution in [2.45, 2.75) is 6.54 Å². The minimum atomic E-state index is -0.343. The van der Waals surface area contributed by atoms with E-state index in [9.17, 15) is 4.39 Å². The third-order valence-electron chi connectivity index (χ3n) is 3.11. The lowest BCUT2D eigenvalue weighted by molar-refractivity contribution is 0.412. The SMILES string of the molecule is COc1ccc(CNc2noc3cc(F)ccc23)cc1Br. The van der Waals surface area contributed by atoms with Crippen molar-refractivity contribution >= 4 is 32.7 Å². The average molecular weight is 351 g/mol. The second kappa shape index (κ2) is 5.73. The van der Waals surface area contributed by atoms with E-state index in [1.54, 1.807) is 13.2 Å². The van der Waals surface area contributed by atoms with Crippen molar-refractivity contribution in [3.63, 3.8) is 0 Å². The molecule has 0 spiro atoms. The van der Waals surface area contributed by atoms with Gasteiger partial charge in [-0.3, -0.25) is 0 Å². The monoisotopic (exact) mass is 350 g/mol. The van der Waals surface area contributed by atoms with E-state index < -0.39 is 0 Å². The zero-order valence-corrected chi connectivity index (χ0v) is 12.8. The van der Waals surface area contributed by atoms with Crippen molar-refractivity contribution in [2.24, 2.45) is 0 Å². The molecule has 0 bridgehead atoms. The minimum Gasteiger partial charge on any atom is -0.496 e. The van der Waals surface area contributed by atoms with Gasteiger partial charge in [-0.1, -0.05) is 11.2 Å². The van der Waals surface area contributed by atoms with Gasteiger partial charge in [-0.2, -0.15) is 0 Å². The second-order valence-electron chi connectivity index (χ2n) is 4.49. The molecule has 4 nitrogen and oxygen atoms in total. The summed E-state index contributed by atoms with van der Waals surface area (Å²) in [6.45, 7) is 0.571. The fourth-order valence-electron chi connectivity index (χ4n) is 2.04. The molecule has 1 heterocycles. The first-order valence-electron chi connectivity index (χ1n) is 6.28. The Kier molecular flexibility index (Phi) is 3.79. The maximum absolute atomic E-state index is 13.1. The van der Waals surface area contributed by atoms with Crippen LogP contribution in [0.2, 0.25) is 0 Å². The van der Waals surface area contributed by atoms with Gasteiger partial charge in [0.1, 0.15) is 11.6 Å². The summed E-state index contributed by atoms with van der Waals surface area (Å²) in [7, 11) is 1.62. The Morgan fingerprint density at radius 2 is 2.14 bits per heavy atom. The number of anilines is 1. The molecule has 0 atom stereocenters. The Morgan fingerprint density at radius 3 is 2.90 bits per heavy atom. The first kappa shape index (κ1) is 13.9. The molecule has 108 valence electrons. The number of fused-ring (bicyclic) bond motifs is 1. The predicted molar refractivity (Wildman–Crippen MR) is 82.0 cm³/mol. The van der Waals surface area contributed by atoms with Crippen LogP contribution in [-0.2, 0) is 6.54 Å². The van der Waals surface area contributed by atoms with E-state index in [-0.39, 0.29) is 5.82 Å². The molecule has 0 amide bonds. The van der Waals surface area contributed by atoms with Crippen molar-refractivity contribution in [1.82, 2.24) is 5.16 Å². The summed E-state index contributed by atoms with van der Waals surface area (Å²) in [6, 6.07) is 10.2. The summed E-state index contributed by atoms with van der Waals surface area (Å²) in [4.78, 5) is 0. The van der Waals surface area contributed by atoms with Gasteiger partial charge in [-0.25, -0.2) is 4.39 Å². The molecule has 1 aromatic heterocycles. The highest BCUT2D eigenvalue weighted by Crippen LogP contribution is 2.27. The highest BCUT2D eigenvalue weighted by atomic mass is 79.9. The quantitative estimate of drug-likeness (QED) is 0.759. The molecule has 0 fully saturated rings. The maximum atomic E-state index is 13.1. The molecular weight excluding hydrogens is 339 g/mol. The number of benzene rings is 2. The van der Waals surface area contributed by atoms with Gasteiger partial charge in [0.05, 0.1) is 17.0 Å². The van der Waals surface area contributed by atoms with E-state index >= 15 is 0 Å². The highest BCUT2D eigenvalue weighted by Gasteiger charge is 2.09. The maximum Gasteiger partial charge on any atom is 0.177 e. The molecule has 0 aliphatic carbocycles. The van der Waals surface area contributed by atoms with E-state index in [4.69, 9.17) is 9.26 Å². The van der Waals surface area contributed by atoms with Gasteiger partial charge in [-0.05, 0) is 45.8 Å². The zero-order valence-electron chi connectivity index (χ0n) is 11.2. The third kappa shape index (κ3) is 2.85. The molecule has 0 aliphatic rings. The highest BCUT2D eigenvalue weighted by molar-refractivity contribution is 9.10. The molecule has 3 aromatic rings. The fourth-order valence-corrected chi connectivity index (χ4v) is 2.63. The van der Waals surface area contributed by atoms with Gasteiger partial charge in [-0.15, -0.1) is 0 Å². The van der Waals surface area contributed by atoms with Crippen molar-refractivity contribution < 1.29 is 13.7 Å². The topological polar surface area (TPSA) is 47.3 Å². The second-order valence-corrected chi connectivity index (χ2v) is 5.35. The molecule has 6 heteroatoms. The van der Waals surface area contributed by atoms with Crippen LogP contribution in [0.15, 0.2) is 45.4 Å². The van der Waals surface area contributed by atoms with E-state index in [1.807, 2.05) is 18.2 Å². The number of methoxy groups -OCH3 is 1. The number of rotatable bonds is 4. The van der Waals surface area contributed by atoms with Crippen LogP contribution in [0.5, 0.6) is 5.75 Å². The summed E-state index contributed by atoms with van der Waals surface area (Å²) in [6.07, 6.45) is 0. The van der Waals surface area contributed by atoms with Crippen molar-refractivity contribution in [2.75, 3.05) is 12.4 Å². The van der Waals surface area contributed by atoms with Gasteiger partial charge >= 0.3 is 0 Å². The Bertz CT molecular complexity index is 788. The molecule has 3 rings (SSSR count).